The van der Waals surface area contributed by atoms with Crippen LogP contribution >= 0.6 is 0 Å². The van der Waals surface area contributed by atoms with E-state index < -0.39 is 11.7 Å². The standard InChI is InChI=1S/C14H19F3N2/c1-2-10(7-9-3-4-9)19-11-5-6-13(18)12(8-11)14(15,16)17/h5-6,8-10,19H,2-4,7,18H2,1H3. The zero-order valence-corrected chi connectivity index (χ0v) is 10.9. The molecule has 0 aromatic heterocycles. The molecule has 5 heteroatoms. The maximum atomic E-state index is 12.8. The maximum Gasteiger partial charge on any atom is 0.418 e. The van der Waals surface area contributed by atoms with E-state index in [1.54, 1.807) is 6.07 Å². The molecule has 19 heavy (non-hydrogen) atoms. The third-order valence-corrected chi connectivity index (χ3v) is 3.54. The Labute approximate surface area is 111 Å². The molecule has 1 aliphatic carbocycles. The Morgan fingerprint density at radius 1 is 1.37 bits per heavy atom. The zero-order valence-electron chi connectivity index (χ0n) is 10.9. The lowest BCUT2D eigenvalue weighted by Gasteiger charge is -2.19. The second-order valence-electron chi connectivity index (χ2n) is 5.23. The SMILES string of the molecule is CCC(CC1CC1)Nc1ccc(N)c(C(F)(F)F)c1. The number of halogens is 3. The second kappa shape index (κ2) is 5.31. The minimum Gasteiger partial charge on any atom is -0.398 e. The molecule has 2 rings (SSSR count). The molecule has 1 aliphatic rings. The van der Waals surface area contributed by atoms with E-state index in [0.29, 0.717) is 5.69 Å². The Morgan fingerprint density at radius 3 is 2.58 bits per heavy atom. The summed E-state index contributed by atoms with van der Waals surface area (Å²) in [6.45, 7) is 2.04. The zero-order chi connectivity index (χ0) is 14.0. The van der Waals surface area contributed by atoms with Gasteiger partial charge in [-0.05, 0) is 37.0 Å². The van der Waals surface area contributed by atoms with Gasteiger partial charge < -0.3 is 11.1 Å². The van der Waals surface area contributed by atoms with Gasteiger partial charge in [0.05, 0.1) is 5.56 Å². The largest absolute Gasteiger partial charge is 0.418 e. The fourth-order valence-electron chi connectivity index (χ4n) is 2.21. The van der Waals surface area contributed by atoms with Crippen molar-refractivity contribution in [2.75, 3.05) is 11.1 Å². The lowest BCUT2D eigenvalue weighted by atomic mass is 10.1. The maximum absolute atomic E-state index is 12.8. The highest BCUT2D eigenvalue weighted by Gasteiger charge is 2.33. The third kappa shape index (κ3) is 3.78. The molecule has 1 aromatic carbocycles. The molecule has 0 spiro atoms. The van der Waals surface area contributed by atoms with Crippen molar-refractivity contribution in [2.45, 2.75) is 44.8 Å². The van der Waals surface area contributed by atoms with Gasteiger partial charge in [-0.3, -0.25) is 0 Å². The second-order valence-corrected chi connectivity index (χ2v) is 5.23. The Kier molecular flexibility index (Phi) is 3.92. The molecule has 1 unspecified atom stereocenters. The summed E-state index contributed by atoms with van der Waals surface area (Å²) in [6.07, 6.45) is 0.0197. The first-order valence-corrected chi connectivity index (χ1v) is 6.63. The molecule has 1 aromatic rings. The lowest BCUT2D eigenvalue weighted by molar-refractivity contribution is -0.136. The van der Waals surface area contributed by atoms with Gasteiger partial charge in [-0.1, -0.05) is 19.8 Å². The van der Waals surface area contributed by atoms with Crippen LogP contribution in [0.25, 0.3) is 0 Å². The van der Waals surface area contributed by atoms with Crippen molar-refractivity contribution in [1.29, 1.82) is 0 Å². The van der Waals surface area contributed by atoms with Crippen LogP contribution in [0.15, 0.2) is 18.2 Å². The van der Waals surface area contributed by atoms with Crippen LogP contribution in [0.5, 0.6) is 0 Å². The average Bonchev–Trinajstić information content (AvgIpc) is 3.13. The number of alkyl halides is 3. The van der Waals surface area contributed by atoms with Crippen molar-refractivity contribution in [3.63, 3.8) is 0 Å². The summed E-state index contributed by atoms with van der Waals surface area (Å²) in [5, 5.41) is 3.18. The number of nitrogen functional groups attached to an aromatic ring is 1. The smallest absolute Gasteiger partial charge is 0.398 e. The molecule has 2 nitrogen and oxygen atoms in total. The molecule has 106 valence electrons. The van der Waals surface area contributed by atoms with Crippen molar-refractivity contribution < 1.29 is 13.2 Å². The van der Waals surface area contributed by atoms with Crippen LogP contribution in [0.2, 0.25) is 0 Å². The molecule has 3 N–H and O–H groups in total. The minimum atomic E-state index is -4.40. The molecule has 1 fully saturated rings. The average molecular weight is 272 g/mol. The summed E-state index contributed by atoms with van der Waals surface area (Å²) in [4.78, 5) is 0. The summed E-state index contributed by atoms with van der Waals surface area (Å²) in [5.74, 6) is 0.744. The molecule has 1 saturated carbocycles. The number of rotatable bonds is 5. The van der Waals surface area contributed by atoms with Crippen molar-refractivity contribution in [1.82, 2.24) is 0 Å². The number of nitrogens with one attached hydrogen (secondary N) is 1. The Balaban J connectivity index is 2.11. The first kappa shape index (κ1) is 14.0. The minimum absolute atomic E-state index is 0.228. The Bertz CT molecular complexity index is 439. The Morgan fingerprint density at radius 2 is 2.05 bits per heavy atom. The van der Waals surface area contributed by atoms with Crippen LogP contribution in [0.1, 0.15) is 38.2 Å². The monoisotopic (exact) mass is 272 g/mol. The number of benzene rings is 1. The summed E-state index contributed by atoms with van der Waals surface area (Å²) >= 11 is 0. The van der Waals surface area contributed by atoms with Gasteiger partial charge in [0.1, 0.15) is 0 Å². The van der Waals surface area contributed by atoms with Crippen LogP contribution < -0.4 is 11.1 Å². The van der Waals surface area contributed by atoms with E-state index in [-0.39, 0.29) is 11.7 Å². The molecular weight excluding hydrogens is 253 g/mol. The highest BCUT2D eigenvalue weighted by molar-refractivity contribution is 5.58. The van der Waals surface area contributed by atoms with Gasteiger partial charge in [0.15, 0.2) is 0 Å². The van der Waals surface area contributed by atoms with E-state index in [9.17, 15) is 13.2 Å². The van der Waals surface area contributed by atoms with E-state index in [1.807, 2.05) is 6.92 Å². The van der Waals surface area contributed by atoms with Crippen LogP contribution in [0.4, 0.5) is 24.5 Å². The van der Waals surface area contributed by atoms with Crippen LogP contribution in [0, 0.1) is 5.92 Å². The predicted octanol–water partition coefficient (Wildman–Crippen LogP) is 4.28. The molecule has 0 bridgehead atoms. The molecule has 1 atom stereocenters. The van der Waals surface area contributed by atoms with Crippen LogP contribution in [-0.2, 0) is 6.18 Å². The number of anilines is 2. The number of nitrogens with two attached hydrogens (primary N) is 1. The van der Waals surface area contributed by atoms with Crippen LogP contribution in [0.3, 0.4) is 0 Å². The molecule has 0 saturated heterocycles. The van der Waals surface area contributed by atoms with Crippen molar-refractivity contribution in [2.24, 2.45) is 5.92 Å². The summed E-state index contributed by atoms with van der Waals surface area (Å²) in [6, 6.07) is 4.26. The highest BCUT2D eigenvalue weighted by Crippen LogP contribution is 2.37. The van der Waals surface area contributed by atoms with E-state index >= 15 is 0 Å². The van der Waals surface area contributed by atoms with E-state index in [2.05, 4.69) is 5.32 Å². The van der Waals surface area contributed by atoms with Gasteiger partial charge in [0.25, 0.3) is 0 Å². The van der Waals surface area contributed by atoms with Gasteiger partial charge in [0, 0.05) is 17.4 Å². The van der Waals surface area contributed by atoms with Gasteiger partial charge in [0.2, 0.25) is 0 Å². The lowest BCUT2D eigenvalue weighted by Crippen LogP contribution is -2.19. The first-order chi connectivity index (χ1) is 8.90. The normalized spacial score (nSPS) is 17.3. The quantitative estimate of drug-likeness (QED) is 0.785. The van der Waals surface area contributed by atoms with Gasteiger partial charge >= 0.3 is 6.18 Å². The fraction of sp³-hybridized carbons (Fsp3) is 0.571. The van der Waals surface area contributed by atoms with E-state index in [4.69, 9.17) is 5.73 Å². The predicted molar refractivity (Wildman–Crippen MR) is 70.9 cm³/mol. The number of hydrogen-bond acceptors (Lipinski definition) is 2. The molecule has 0 amide bonds. The fourth-order valence-corrected chi connectivity index (χ4v) is 2.21. The molecule has 0 aliphatic heterocycles. The van der Waals surface area contributed by atoms with Crippen LogP contribution in [-0.4, -0.2) is 6.04 Å². The van der Waals surface area contributed by atoms with E-state index in [1.165, 1.54) is 18.9 Å². The summed E-state index contributed by atoms with van der Waals surface area (Å²) in [5.41, 5.74) is 4.88. The summed E-state index contributed by atoms with van der Waals surface area (Å²) < 4.78 is 38.3. The summed E-state index contributed by atoms with van der Waals surface area (Å²) in [7, 11) is 0. The highest BCUT2D eigenvalue weighted by atomic mass is 19.4. The number of hydrogen-bond donors (Lipinski definition) is 2. The molecule has 0 radical (unpaired) electrons. The van der Waals surface area contributed by atoms with Crippen molar-refractivity contribution in [3.05, 3.63) is 23.8 Å². The Hall–Kier alpha value is -1.39. The van der Waals surface area contributed by atoms with Crippen molar-refractivity contribution in [3.8, 4) is 0 Å². The van der Waals surface area contributed by atoms with Gasteiger partial charge in [-0.25, -0.2) is 0 Å². The van der Waals surface area contributed by atoms with E-state index in [0.717, 1.165) is 24.8 Å². The first-order valence-electron chi connectivity index (χ1n) is 6.63. The molecule has 0 heterocycles. The third-order valence-electron chi connectivity index (χ3n) is 3.54. The van der Waals surface area contributed by atoms with Gasteiger partial charge in [-0.15, -0.1) is 0 Å². The topological polar surface area (TPSA) is 38.0 Å². The van der Waals surface area contributed by atoms with Crippen molar-refractivity contribution >= 4 is 11.4 Å². The molecular formula is C14H19F3N2. The van der Waals surface area contributed by atoms with Gasteiger partial charge in [-0.2, -0.15) is 13.2 Å².